The summed E-state index contributed by atoms with van der Waals surface area (Å²) in [6.45, 7) is 5.80. The minimum atomic E-state index is 0.477. The molecule has 2 fully saturated rings. The van der Waals surface area contributed by atoms with Crippen LogP contribution in [0.2, 0.25) is 0 Å². The summed E-state index contributed by atoms with van der Waals surface area (Å²) >= 11 is 0. The van der Waals surface area contributed by atoms with E-state index in [9.17, 15) is 0 Å². The molecule has 0 bridgehead atoms. The lowest BCUT2D eigenvalue weighted by Gasteiger charge is -2.32. The molecule has 1 atom stereocenters. The first-order chi connectivity index (χ1) is 7.40. The molecule has 15 heavy (non-hydrogen) atoms. The Hall–Kier alpha value is -0.120. The number of methoxy groups -OCH3 is 1. The zero-order valence-corrected chi connectivity index (χ0v) is 9.87. The SMILES string of the molecule is COC(CN1CCNCC1)C1CCCC1. The summed E-state index contributed by atoms with van der Waals surface area (Å²) in [5.74, 6) is 0.824. The van der Waals surface area contributed by atoms with Gasteiger partial charge in [-0.3, -0.25) is 4.90 Å². The van der Waals surface area contributed by atoms with Crippen molar-refractivity contribution in [3.8, 4) is 0 Å². The van der Waals surface area contributed by atoms with E-state index in [0.29, 0.717) is 6.10 Å². The summed E-state index contributed by atoms with van der Waals surface area (Å²) in [4.78, 5) is 2.54. The number of hydrogen-bond acceptors (Lipinski definition) is 3. The van der Waals surface area contributed by atoms with Gasteiger partial charge in [-0.05, 0) is 18.8 Å². The molecular formula is C12H24N2O. The van der Waals surface area contributed by atoms with Gasteiger partial charge >= 0.3 is 0 Å². The van der Waals surface area contributed by atoms with Crippen LogP contribution in [0.25, 0.3) is 0 Å². The van der Waals surface area contributed by atoms with Crippen molar-refractivity contribution < 1.29 is 4.74 Å². The van der Waals surface area contributed by atoms with Crippen LogP contribution in [-0.2, 0) is 4.74 Å². The predicted molar refractivity (Wildman–Crippen MR) is 62.1 cm³/mol. The van der Waals surface area contributed by atoms with Crippen LogP contribution in [0.15, 0.2) is 0 Å². The number of piperazine rings is 1. The molecule has 0 radical (unpaired) electrons. The molecule has 1 aliphatic carbocycles. The molecule has 1 aliphatic heterocycles. The van der Waals surface area contributed by atoms with E-state index < -0.39 is 0 Å². The smallest absolute Gasteiger partial charge is 0.0726 e. The molecule has 0 aromatic carbocycles. The Kier molecular flexibility index (Phi) is 4.42. The van der Waals surface area contributed by atoms with Crippen LogP contribution in [0.5, 0.6) is 0 Å². The molecule has 0 aromatic rings. The number of ether oxygens (including phenoxy) is 1. The van der Waals surface area contributed by atoms with Crippen molar-refractivity contribution in [3.05, 3.63) is 0 Å². The Labute approximate surface area is 93.2 Å². The number of nitrogens with zero attached hydrogens (tertiary/aromatic N) is 1. The van der Waals surface area contributed by atoms with Gasteiger partial charge in [-0.2, -0.15) is 0 Å². The molecule has 1 heterocycles. The van der Waals surface area contributed by atoms with E-state index in [4.69, 9.17) is 4.74 Å². The van der Waals surface area contributed by atoms with Crippen molar-refractivity contribution in [1.29, 1.82) is 0 Å². The minimum absolute atomic E-state index is 0.477. The Balaban J connectivity index is 1.78. The zero-order valence-electron chi connectivity index (χ0n) is 9.87. The van der Waals surface area contributed by atoms with E-state index >= 15 is 0 Å². The number of hydrogen-bond donors (Lipinski definition) is 1. The first kappa shape index (κ1) is 11.4. The Morgan fingerprint density at radius 3 is 2.53 bits per heavy atom. The molecular weight excluding hydrogens is 188 g/mol. The van der Waals surface area contributed by atoms with Crippen molar-refractivity contribution >= 4 is 0 Å². The van der Waals surface area contributed by atoms with Crippen molar-refractivity contribution in [3.63, 3.8) is 0 Å². The third-order valence-electron chi connectivity index (χ3n) is 3.88. The average Bonchev–Trinajstić information content (AvgIpc) is 2.81. The Morgan fingerprint density at radius 2 is 1.93 bits per heavy atom. The van der Waals surface area contributed by atoms with Gasteiger partial charge < -0.3 is 10.1 Å². The van der Waals surface area contributed by atoms with Gasteiger partial charge in [-0.1, -0.05) is 12.8 Å². The van der Waals surface area contributed by atoms with E-state index in [1.54, 1.807) is 0 Å². The summed E-state index contributed by atoms with van der Waals surface area (Å²) in [7, 11) is 1.88. The van der Waals surface area contributed by atoms with Crippen LogP contribution in [0.3, 0.4) is 0 Å². The van der Waals surface area contributed by atoms with Crippen LogP contribution in [0.1, 0.15) is 25.7 Å². The normalized spacial score (nSPS) is 27.0. The van der Waals surface area contributed by atoms with E-state index in [2.05, 4.69) is 10.2 Å². The molecule has 2 aliphatic rings. The van der Waals surface area contributed by atoms with Crippen LogP contribution in [0, 0.1) is 5.92 Å². The topological polar surface area (TPSA) is 24.5 Å². The summed E-state index contributed by atoms with van der Waals surface area (Å²) in [5.41, 5.74) is 0. The van der Waals surface area contributed by atoms with Gasteiger partial charge in [0.05, 0.1) is 6.10 Å². The van der Waals surface area contributed by atoms with Gasteiger partial charge in [0.25, 0.3) is 0 Å². The molecule has 1 unspecified atom stereocenters. The third kappa shape index (κ3) is 3.16. The molecule has 0 aromatic heterocycles. The van der Waals surface area contributed by atoms with Crippen molar-refractivity contribution in [2.75, 3.05) is 39.8 Å². The van der Waals surface area contributed by atoms with E-state index in [0.717, 1.165) is 25.6 Å². The lowest BCUT2D eigenvalue weighted by atomic mass is 10.00. The summed E-state index contributed by atoms with van der Waals surface area (Å²) in [5, 5.41) is 3.39. The second-order valence-electron chi connectivity index (χ2n) is 4.87. The summed E-state index contributed by atoms with van der Waals surface area (Å²) < 4.78 is 5.67. The van der Waals surface area contributed by atoms with Crippen LogP contribution in [0.4, 0.5) is 0 Å². The highest BCUT2D eigenvalue weighted by Crippen LogP contribution is 2.29. The predicted octanol–water partition coefficient (Wildman–Crippen LogP) is 1.10. The largest absolute Gasteiger partial charge is 0.380 e. The molecule has 2 rings (SSSR count). The third-order valence-corrected chi connectivity index (χ3v) is 3.88. The first-order valence-electron chi connectivity index (χ1n) is 6.36. The van der Waals surface area contributed by atoms with Crippen molar-refractivity contribution in [1.82, 2.24) is 10.2 Å². The highest BCUT2D eigenvalue weighted by Gasteiger charge is 2.26. The maximum atomic E-state index is 5.67. The molecule has 1 N–H and O–H groups in total. The Morgan fingerprint density at radius 1 is 1.27 bits per heavy atom. The molecule has 3 heteroatoms. The second kappa shape index (κ2) is 5.83. The van der Waals surface area contributed by atoms with Crippen LogP contribution in [-0.4, -0.2) is 50.8 Å². The molecule has 1 saturated carbocycles. The molecule has 0 amide bonds. The number of nitrogens with one attached hydrogen (secondary N) is 1. The van der Waals surface area contributed by atoms with Crippen molar-refractivity contribution in [2.24, 2.45) is 5.92 Å². The minimum Gasteiger partial charge on any atom is -0.380 e. The van der Waals surface area contributed by atoms with Crippen molar-refractivity contribution in [2.45, 2.75) is 31.8 Å². The fourth-order valence-electron chi connectivity index (χ4n) is 2.89. The highest BCUT2D eigenvalue weighted by molar-refractivity contribution is 4.80. The standard InChI is InChI=1S/C12H24N2O/c1-15-12(11-4-2-3-5-11)10-14-8-6-13-7-9-14/h11-13H,2-10H2,1H3. The van der Waals surface area contributed by atoms with Gasteiger partial charge in [0.15, 0.2) is 0 Å². The van der Waals surface area contributed by atoms with Crippen LogP contribution < -0.4 is 5.32 Å². The first-order valence-corrected chi connectivity index (χ1v) is 6.36. The average molecular weight is 212 g/mol. The fraction of sp³-hybridized carbons (Fsp3) is 1.00. The van der Waals surface area contributed by atoms with Gasteiger partial charge in [-0.15, -0.1) is 0 Å². The Bertz CT molecular complexity index is 174. The molecule has 3 nitrogen and oxygen atoms in total. The summed E-state index contributed by atoms with van der Waals surface area (Å²) in [6, 6.07) is 0. The fourth-order valence-corrected chi connectivity index (χ4v) is 2.89. The monoisotopic (exact) mass is 212 g/mol. The van der Waals surface area contributed by atoms with Gasteiger partial charge in [0, 0.05) is 39.8 Å². The maximum Gasteiger partial charge on any atom is 0.0726 e. The van der Waals surface area contributed by atoms with E-state index in [1.165, 1.54) is 38.8 Å². The zero-order chi connectivity index (χ0) is 10.5. The quantitative estimate of drug-likeness (QED) is 0.755. The molecule has 1 saturated heterocycles. The second-order valence-corrected chi connectivity index (χ2v) is 4.87. The molecule has 88 valence electrons. The maximum absolute atomic E-state index is 5.67. The van der Waals surface area contributed by atoms with Crippen LogP contribution >= 0.6 is 0 Å². The summed E-state index contributed by atoms with van der Waals surface area (Å²) in [6.07, 6.45) is 6.05. The lowest BCUT2D eigenvalue weighted by molar-refractivity contribution is 0.0208. The molecule has 0 spiro atoms. The van der Waals surface area contributed by atoms with Gasteiger partial charge in [0.2, 0.25) is 0 Å². The van der Waals surface area contributed by atoms with E-state index in [1.807, 2.05) is 7.11 Å². The van der Waals surface area contributed by atoms with Gasteiger partial charge in [-0.25, -0.2) is 0 Å². The lowest BCUT2D eigenvalue weighted by Crippen LogP contribution is -2.47. The van der Waals surface area contributed by atoms with E-state index in [-0.39, 0.29) is 0 Å². The number of rotatable bonds is 4. The highest BCUT2D eigenvalue weighted by atomic mass is 16.5. The van der Waals surface area contributed by atoms with Gasteiger partial charge in [0.1, 0.15) is 0 Å².